The average molecular weight is 412 g/mol. The monoisotopic (exact) mass is 411 g/mol. The lowest BCUT2D eigenvalue weighted by Crippen LogP contribution is -2.32. The number of carbonyl (C=O) groups is 1. The highest BCUT2D eigenvalue weighted by Gasteiger charge is 2.21. The molecule has 0 bridgehead atoms. The van der Waals surface area contributed by atoms with Gasteiger partial charge in [0.15, 0.2) is 17.6 Å². The topological polar surface area (TPSA) is 56.8 Å². The second-order valence-electron chi connectivity index (χ2n) is 5.97. The van der Waals surface area contributed by atoms with Crippen LogP contribution < -0.4 is 14.8 Å². The molecule has 29 heavy (non-hydrogen) atoms. The molecule has 1 unspecified atom stereocenters. The van der Waals surface area contributed by atoms with Crippen LogP contribution in [-0.4, -0.2) is 32.8 Å². The van der Waals surface area contributed by atoms with Crippen LogP contribution >= 0.6 is 11.6 Å². The number of nitrogens with one attached hydrogen (secondary N) is 1. The Morgan fingerprint density at radius 3 is 2.48 bits per heavy atom. The van der Waals surface area contributed by atoms with Crippen LogP contribution in [0.1, 0.15) is 17.2 Å². The van der Waals surface area contributed by atoms with Gasteiger partial charge in [0.25, 0.3) is 5.91 Å². The molecule has 2 aromatic carbocycles. The summed E-state index contributed by atoms with van der Waals surface area (Å²) >= 11 is 5.91. The van der Waals surface area contributed by atoms with Crippen molar-refractivity contribution in [2.24, 2.45) is 0 Å². The standard InChI is InChI=1S/C23H22ClNO4/c1-4-14-28-20-11-6-17(16-21(20)27-3)12-13-25-23(26)22(29-15-5-2)18-7-9-19(24)10-8-18/h1-2,6-11,16,22H,12-15H2,3H3,(H,25,26). The first-order chi connectivity index (χ1) is 14.1. The summed E-state index contributed by atoms with van der Waals surface area (Å²) in [5.74, 6) is 5.68. The van der Waals surface area contributed by atoms with Crippen molar-refractivity contribution in [3.63, 3.8) is 0 Å². The summed E-state index contributed by atoms with van der Waals surface area (Å²) in [7, 11) is 1.56. The van der Waals surface area contributed by atoms with Gasteiger partial charge in [0, 0.05) is 11.6 Å². The second-order valence-corrected chi connectivity index (χ2v) is 6.40. The number of rotatable bonds is 10. The molecule has 0 spiro atoms. The molecule has 0 aliphatic rings. The number of ether oxygens (including phenoxy) is 3. The van der Waals surface area contributed by atoms with Gasteiger partial charge in [-0.25, -0.2) is 0 Å². The van der Waals surface area contributed by atoms with Gasteiger partial charge in [-0.2, -0.15) is 0 Å². The van der Waals surface area contributed by atoms with Crippen LogP contribution in [0, 0.1) is 24.7 Å². The Hall–Kier alpha value is -3.12. The third-order valence-corrected chi connectivity index (χ3v) is 4.25. The van der Waals surface area contributed by atoms with Crippen LogP contribution in [0.25, 0.3) is 0 Å². The first-order valence-corrected chi connectivity index (χ1v) is 9.28. The van der Waals surface area contributed by atoms with E-state index in [2.05, 4.69) is 17.2 Å². The zero-order chi connectivity index (χ0) is 21.1. The van der Waals surface area contributed by atoms with Crippen molar-refractivity contribution in [3.05, 3.63) is 58.6 Å². The summed E-state index contributed by atoms with van der Waals surface area (Å²) in [6.45, 7) is 0.600. The Balaban J connectivity index is 1.98. The van der Waals surface area contributed by atoms with E-state index in [4.69, 9.17) is 38.7 Å². The van der Waals surface area contributed by atoms with Gasteiger partial charge in [0.1, 0.15) is 13.2 Å². The summed E-state index contributed by atoms with van der Waals surface area (Å²) < 4.78 is 16.3. The van der Waals surface area contributed by atoms with E-state index >= 15 is 0 Å². The lowest BCUT2D eigenvalue weighted by atomic mass is 10.1. The largest absolute Gasteiger partial charge is 0.493 e. The number of terminal acetylenes is 2. The van der Waals surface area contributed by atoms with Crippen molar-refractivity contribution < 1.29 is 19.0 Å². The van der Waals surface area contributed by atoms with Crippen LogP contribution in [-0.2, 0) is 16.0 Å². The maximum atomic E-state index is 12.6. The van der Waals surface area contributed by atoms with Crippen molar-refractivity contribution in [2.75, 3.05) is 26.9 Å². The number of halogens is 1. The molecule has 1 N–H and O–H groups in total. The Morgan fingerprint density at radius 1 is 1.10 bits per heavy atom. The normalized spacial score (nSPS) is 11.0. The van der Waals surface area contributed by atoms with Crippen LogP contribution in [0.15, 0.2) is 42.5 Å². The van der Waals surface area contributed by atoms with Gasteiger partial charge in [-0.15, -0.1) is 12.8 Å². The van der Waals surface area contributed by atoms with Crippen LogP contribution in [0.2, 0.25) is 5.02 Å². The molecule has 0 aliphatic heterocycles. The fraction of sp³-hybridized carbons (Fsp3) is 0.261. The lowest BCUT2D eigenvalue weighted by Gasteiger charge is -2.17. The molecule has 0 saturated carbocycles. The summed E-state index contributed by atoms with van der Waals surface area (Å²) in [4.78, 5) is 12.6. The van der Waals surface area contributed by atoms with E-state index in [0.29, 0.717) is 35.1 Å². The van der Waals surface area contributed by atoms with E-state index in [1.807, 2.05) is 12.1 Å². The summed E-state index contributed by atoms with van der Waals surface area (Å²) in [5, 5.41) is 3.45. The molecular formula is C23H22ClNO4. The first-order valence-electron chi connectivity index (χ1n) is 8.90. The van der Waals surface area contributed by atoms with E-state index < -0.39 is 6.10 Å². The van der Waals surface area contributed by atoms with E-state index in [1.165, 1.54) is 0 Å². The quantitative estimate of drug-likeness (QED) is 0.609. The molecule has 1 atom stereocenters. The van der Waals surface area contributed by atoms with E-state index in [1.54, 1.807) is 37.4 Å². The maximum absolute atomic E-state index is 12.6. The van der Waals surface area contributed by atoms with Gasteiger partial charge < -0.3 is 19.5 Å². The van der Waals surface area contributed by atoms with Crippen LogP contribution in [0.3, 0.4) is 0 Å². The van der Waals surface area contributed by atoms with Gasteiger partial charge in [-0.3, -0.25) is 4.79 Å². The predicted octanol–water partition coefficient (Wildman–Crippen LogP) is 3.41. The summed E-state index contributed by atoms with van der Waals surface area (Å²) in [6.07, 6.45) is 10.3. The van der Waals surface area contributed by atoms with E-state index in [-0.39, 0.29) is 19.1 Å². The molecule has 0 radical (unpaired) electrons. The lowest BCUT2D eigenvalue weighted by molar-refractivity contribution is -0.132. The smallest absolute Gasteiger partial charge is 0.253 e. The highest BCUT2D eigenvalue weighted by Crippen LogP contribution is 2.28. The predicted molar refractivity (Wildman–Crippen MR) is 113 cm³/mol. The molecule has 5 nitrogen and oxygen atoms in total. The molecule has 0 fully saturated rings. The van der Waals surface area contributed by atoms with Gasteiger partial charge in [-0.1, -0.05) is 41.6 Å². The third kappa shape index (κ3) is 6.76. The minimum Gasteiger partial charge on any atom is -0.493 e. The Labute approximate surface area is 176 Å². The molecule has 2 aromatic rings. The molecule has 0 aromatic heterocycles. The zero-order valence-electron chi connectivity index (χ0n) is 16.1. The fourth-order valence-electron chi connectivity index (χ4n) is 2.62. The fourth-order valence-corrected chi connectivity index (χ4v) is 2.75. The number of hydrogen-bond acceptors (Lipinski definition) is 4. The third-order valence-electron chi connectivity index (χ3n) is 4.00. The SMILES string of the molecule is C#CCOc1ccc(CCNC(=O)C(OCC#C)c2ccc(Cl)cc2)cc1OC. The minimum atomic E-state index is -0.808. The number of amides is 1. The molecule has 0 saturated heterocycles. The van der Waals surface area contributed by atoms with Crippen molar-refractivity contribution in [1.29, 1.82) is 0 Å². The van der Waals surface area contributed by atoms with Crippen molar-refractivity contribution in [2.45, 2.75) is 12.5 Å². The van der Waals surface area contributed by atoms with Crippen LogP contribution in [0.5, 0.6) is 11.5 Å². The summed E-state index contributed by atoms with van der Waals surface area (Å²) in [6, 6.07) is 12.4. The molecule has 150 valence electrons. The number of benzene rings is 2. The minimum absolute atomic E-state index is 0.0248. The number of hydrogen-bond donors (Lipinski definition) is 1. The van der Waals surface area contributed by atoms with Gasteiger partial charge >= 0.3 is 0 Å². The van der Waals surface area contributed by atoms with E-state index in [9.17, 15) is 4.79 Å². The van der Waals surface area contributed by atoms with Crippen molar-refractivity contribution >= 4 is 17.5 Å². The number of carbonyl (C=O) groups excluding carboxylic acids is 1. The average Bonchev–Trinajstić information content (AvgIpc) is 2.74. The molecular weight excluding hydrogens is 390 g/mol. The highest BCUT2D eigenvalue weighted by molar-refractivity contribution is 6.30. The summed E-state index contributed by atoms with van der Waals surface area (Å²) in [5.41, 5.74) is 1.65. The molecule has 6 heteroatoms. The Kier molecular flexibility index (Phi) is 8.92. The Bertz CT molecular complexity index is 897. The van der Waals surface area contributed by atoms with Gasteiger partial charge in [0.2, 0.25) is 0 Å². The van der Waals surface area contributed by atoms with Gasteiger partial charge in [-0.05, 0) is 41.8 Å². The first kappa shape index (κ1) is 22.2. The van der Waals surface area contributed by atoms with Crippen molar-refractivity contribution in [3.8, 4) is 36.2 Å². The highest BCUT2D eigenvalue weighted by atomic mass is 35.5. The molecule has 0 heterocycles. The molecule has 1 amide bonds. The molecule has 0 aliphatic carbocycles. The maximum Gasteiger partial charge on any atom is 0.253 e. The Morgan fingerprint density at radius 2 is 1.83 bits per heavy atom. The van der Waals surface area contributed by atoms with E-state index in [0.717, 1.165) is 5.56 Å². The van der Waals surface area contributed by atoms with Gasteiger partial charge in [0.05, 0.1) is 7.11 Å². The van der Waals surface area contributed by atoms with Crippen molar-refractivity contribution in [1.82, 2.24) is 5.32 Å². The number of methoxy groups -OCH3 is 1. The van der Waals surface area contributed by atoms with Crippen LogP contribution in [0.4, 0.5) is 0 Å². The zero-order valence-corrected chi connectivity index (χ0v) is 16.9. The second kappa shape index (κ2) is 11.7. The molecule has 2 rings (SSSR count).